The number of carbonyl (C=O) groups excluding carboxylic acids is 2. The standard InChI is InChI=1S/C30H25NO6/c1-4-15-36-22-8-6-7-20(17-22)26-25-27(32)23-16-18(3)9-14-24(23)37-28(25)29(33)31(26)21-12-10-19(11-13-21)30(34)35-5-2/h4,6-14,16-17,26H,1,5,15H2,2-3H3. The highest BCUT2D eigenvalue weighted by molar-refractivity contribution is 6.10. The highest BCUT2D eigenvalue weighted by atomic mass is 16.5. The Balaban J connectivity index is 1.69. The van der Waals surface area contributed by atoms with Gasteiger partial charge in [-0.2, -0.15) is 0 Å². The van der Waals surface area contributed by atoms with Gasteiger partial charge in [-0.3, -0.25) is 14.5 Å². The summed E-state index contributed by atoms with van der Waals surface area (Å²) in [7, 11) is 0. The second-order valence-corrected chi connectivity index (χ2v) is 8.69. The maximum Gasteiger partial charge on any atom is 0.338 e. The Morgan fingerprint density at radius 2 is 1.86 bits per heavy atom. The lowest BCUT2D eigenvalue weighted by Crippen LogP contribution is -2.29. The predicted molar refractivity (Wildman–Crippen MR) is 140 cm³/mol. The zero-order chi connectivity index (χ0) is 26.1. The van der Waals surface area contributed by atoms with Crippen molar-refractivity contribution in [3.05, 3.63) is 118 Å². The van der Waals surface area contributed by atoms with Crippen molar-refractivity contribution in [3.63, 3.8) is 0 Å². The number of nitrogens with zero attached hydrogens (tertiary/aromatic N) is 1. The van der Waals surface area contributed by atoms with E-state index >= 15 is 0 Å². The lowest BCUT2D eigenvalue weighted by Gasteiger charge is -2.25. The zero-order valence-electron chi connectivity index (χ0n) is 20.5. The molecule has 7 nitrogen and oxygen atoms in total. The second-order valence-electron chi connectivity index (χ2n) is 8.69. The van der Waals surface area contributed by atoms with E-state index in [1.807, 2.05) is 25.1 Å². The largest absolute Gasteiger partial charge is 0.490 e. The van der Waals surface area contributed by atoms with Crippen LogP contribution < -0.4 is 15.1 Å². The number of rotatable bonds is 7. The fraction of sp³-hybridized carbons (Fsp3) is 0.167. The second kappa shape index (κ2) is 9.78. The molecular weight excluding hydrogens is 470 g/mol. The predicted octanol–water partition coefficient (Wildman–Crippen LogP) is 5.59. The summed E-state index contributed by atoms with van der Waals surface area (Å²) in [6.07, 6.45) is 1.64. The van der Waals surface area contributed by atoms with E-state index in [2.05, 4.69) is 6.58 Å². The molecule has 0 radical (unpaired) electrons. The minimum Gasteiger partial charge on any atom is -0.490 e. The summed E-state index contributed by atoms with van der Waals surface area (Å²) >= 11 is 0. The summed E-state index contributed by atoms with van der Waals surface area (Å²) in [6, 6.07) is 18.3. The number of benzene rings is 3. The Labute approximate surface area is 213 Å². The number of ether oxygens (including phenoxy) is 2. The van der Waals surface area contributed by atoms with Crippen molar-refractivity contribution >= 4 is 28.5 Å². The number of amides is 1. The number of aryl methyl sites for hydroxylation is 1. The Morgan fingerprint density at radius 3 is 2.59 bits per heavy atom. The van der Waals surface area contributed by atoms with Crippen molar-refractivity contribution in [2.24, 2.45) is 0 Å². The third kappa shape index (κ3) is 4.29. The average molecular weight is 496 g/mol. The van der Waals surface area contributed by atoms with Crippen LogP contribution in [0.25, 0.3) is 11.0 Å². The van der Waals surface area contributed by atoms with Gasteiger partial charge in [-0.25, -0.2) is 4.79 Å². The van der Waals surface area contributed by atoms with Crippen molar-refractivity contribution in [2.45, 2.75) is 19.9 Å². The molecule has 1 aliphatic rings. The first-order valence-electron chi connectivity index (χ1n) is 11.9. The number of carbonyl (C=O) groups is 2. The van der Waals surface area contributed by atoms with Crippen molar-refractivity contribution in [3.8, 4) is 5.75 Å². The van der Waals surface area contributed by atoms with Crippen molar-refractivity contribution in [1.82, 2.24) is 0 Å². The molecule has 3 aromatic carbocycles. The van der Waals surface area contributed by atoms with Crippen LogP contribution in [-0.4, -0.2) is 25.1 Å². The van der Waals surface area contributed by atoms with Gasteiger partial charge in [-0.15, -0.1) is 0 Å². The molecular formula is C30H25NO6. The van der Waals surface area contributed by atoms with Crippen LogP contribution in [0.2, 0.25) is 0 Å². The minimum absolute atomic E-state index is 0.00163. The molecule has 186 valence electrons. The van der Waals surface area contributed by atoms with Crippen LogP contribution in [0.4, 0.5) is 5.69 Å². The Morgan fingerprint density at radius 1 is 1.08 bits per heavy atom. The van der Waals surface area contributed by atoms with Gasteiger partial charge in [0.2, 0.25) is 5.76 Å². The fourth-order valence-corrected chi connectivity index (χ4v) is 4.57. The summed E-state index contributed by atoms with van der Waals surface area (Å²) < 4.78 is 16.8. The van der Waals surface area contributed by atoms with E-state index in [0.717, 1.165) is 5.56 Å². The van der Waals surface area contributed by atoms with Crippen LogP contribution in [0.3, 0.4) is 0 Å². The Hall–Kier alpha value is -4.65. The molecule has 0 N–H and O–H groups in total. The third-order valence-corrected chi connectivity index (χ3v) is 6.22. The van der Waals surface area contributed by atoms with Crippen LogP contribution >= 0.6 is 0 Å². The lowest BCUT2D eigenvalue weighted by atomic mass is 9.97. The quantitative estimate of drug-likeness (QED) is 0.245. The maximum atomic E-state index is 13.8. The highest BCUT2D eigenvalue weighted by Gasteiger charge is 2.43. The van der Waals surface area contributed by atoms with E-state index in [-0.39, 0.29) is 23.4 Å². The summed E-state index contributed by atoms with van der Waals surface area (Å²) in [5.74, 6) is -0.316. The molecule has 1 aromatic heterocycles. The molecule has 0 aliphatic carbocycles. The average Bonchev–Trinajstić information content (AvgIpc) is 3.20. The van der Waals surface area contributed by atoms with Crippen molar-refractivity contribution in [1.29, 1.82) is 0 Å². The molecule has 2 heterocycles. The SMILES string of the molecule is C=CCOc1cccc(C2c3c(oc4ccc(C)cc4c3=O)C(=O)N2c2ccc(C(=O)OCC)cc2)c1. The van der Waals surface area contributed by atoms with E-state index in [4.69, 9.17) is 13.9 Å². The first-order valence-corrected chi connectivity index (χ1v) is 11.9. The van der Waals surface area contributed by atoms with Gasteiger partial charge in [0.05, 0.1) is 29.2 Å². The monoisotopic (exact) mass is 495 g/mol. The van der Waals surface area contributed by atoms with Gasteiger partial charge in [0.15, 0.2) is 5.43 Å². The Bertz CT molecular complexity index is 1580. The van der Waals surface area contributed by atoms with Gasteiger partial charge in [-0.05, 0) is 67.9 Å². The van der Waals surface area contributed by atoms with Crippen LogP contribution in [0.15, 0.2) is 88.6 Å². The van der Waals surface area contributed by atoms with Crippen molar-refractivity contribution in [2.75, 3.05) is 18.1 Å². The number of hydrogen-bond acceptors (Lipinski definition) is 6. The van der Waals surface area contributed by atoms with Gasteiger partial charge >= 0.3 is 5.97 Å². The molecule has 0 fully saturated rings. The Kier molecular flexibility index (Phi) is 6.36. The first-order chi connectivity index (χ1) is 17.9. The molecule has 1 amide bonds. The van der Waals surface area contributed by atoms with Gasteiger partial charge in [0.25, 0.3) is 5.91 Å². The van der Waals surface area contributed by atoms with E-state index in [1.165, 1.54) is 4.90 Å². The number of hydrogen-bond donors (Lipinski definition) is 0. The molecule has 7 heteroatoms. The van der Waals surface area contributed by atoms with Gasteiger partial charge in [0.1, 0.15) is 17.9 Å². The van der Waals surface area contributed by atoms with E-state index < -0.39 is 17.9 Å². The number of esters is 1. The summed E-state index contributed by atoms with van der Waals surface area (Å²) in [6.45, 7) is 7.88. The smallest absolute Gasteiger partial charge is 0.338 e. The topological polar surface area (TPSA) is 86.0 Å². The normalized spacial score (nSPS) is 14.5. The highest BCUT2D eigenvalue weighted by Crippen LogP contribution is 2.42. The molecule has 5 rings (SSSR count). The van der Waals surface area contributed by atoms with Gasteiger partial charge in [-0.1, -0.05) is 36.4 Å². The minimum atomic E-state index is -0.760. The molecule has 0 saturated carbocycles. The first kappa shape index (κ1) is 24.1. The maximum absolute atomic E-state index is 13.8. The lowest BCUT2D eigenvalue weighted by molar-refractivity contribution is 0.0526. The zero-order valence-corrected chi connectivity index (χ0v) is 20.5. The van der Waals surface area contributed by atoms with Crippen LogP contribution in [0.1, 0.15) is 50.6 Å². The number of anilines is 1. The summed E-state index contributed by atoms with van der Waals surface area (Å²) in [4.78, 5) is 41.3. The van der Waals surface area contributed by atoms with Gasteiger partial charge < -0.3 is 13.9 Å². The van der Waals surface area contributed by atoms with Crippen LogP contribution in [0, 0.1) is 6.92 Å². The molecule has 0 bridgehead atoms. The molecule has 1 aliphatic heterocycles. The van der Waals surface area contributed by atoms with Crippen LogP contribution in [0.5, 0.6) is 5.75 Å². The molecule has 1 unspecified atom stereocenters. The summed E-state index contributed by atoms with van der Waals surface area (Å²) in [5, 5.41) is 0.412. The molecule has 37 heavy (non-hydrogen) atoms. The van der Waals surface area contributed by atoms with Crippen LogP contribution in [-0.2, 0) is 4.74 Å². The van der Waals surface area contributed by atoms with Crippen molar-refractivity contribution < 1.29 is 23.5 Å². The fourth-order valence-electron chi connectivity index (χ4n) is 4.57. The molecule has 0 spiro atoms. The summed E-state index contributed by atoms with van der Waals surface area (Å²) in [5.41, 5.74) is 2.81. The van der Waals surface area contributed by atoms with E-state index in [9.17, 15) is 14.4 Å². The van der Waals surface area contributed by atoms with E-state index in [0.29, 0.717) is 40.1 Å². The molecule has 1 atom stereocenters. The van der Waals surface area contributed by atoms with Gasteiger partial charge in [0, 0.05) is 5.69 Å². The molecule has 4 aromatic rings. The number of fused-ring (bicyclic) bond motifs is 2. The third-order valence-electron chi connectivity index (χ3n) is 6.22. The van der Waals surface area contributed by atoms with E-state index in [1.54, 1.807) is 61.5 Å². The molecule has 0 saturated heterocycles.